The van der Waals surface area contributed by atoms with Gasteiger partial charge in [-0.3, -0.25) is 4.90 Å². The van der Waals surface area contributed by atoms with E-state index in [0.29, 0.717) is 5.02 Å². The van der Waals surface area contributed by atoms with E-state index in [4.69, 9.17) is 22.1 Å². The quantitative estimate of drug-likeness (QED) is 0.756. The molecule has 0 N–H and O–H groups in total. The van der Waals surface area contributed by atoms with Crippen LogP contribution in [0.5, 0.6) is 0 Å². The van der Waals surface area contributed by atoms with Gasteiger partial charge in [-0.2, -0.15) is 10.5 Å². The van der Waals surface area contributed by atoms with Crippen molar-refractivity contribution in [3.8, 4) is 12.1 Å². The van der Waals surface area contributed by atoms with Crippen molar-refractivity contribution in [2.75, 3.05) is 14.1 Å². The summed E-state index contributed by atoms with van der Waals surface area (Å²) in [6.07, 6.45) is 0.266. The van der Waals surface area contributed by atoms with Crippen molar-refractivity contribution in [2.24, 2.45) is 0 Å². The number of hydrogen-bond donors (Lipinski definition) is 0. The number of nitrogens with zero attached hydrogens (tertiary/aromatic N) is 3. The van der Waals surface area contributed by atoms with Gasteiger partial charge in [0.25, 0.3) is 0 Å². The third-order valence-electron chi connectivity index (χ3n) is 2.31. The Morgan fingerprint density at radius 2 is 2.06 bits per heavy atom. The van der Waals surface area contributed by atoms with Crippen molar-refractivity contribution < 1.29 is 0 Å². The lowest BCUT2D eigenvalue weighted by molar-refractivity contribution is 0.357. The first-order valence-corrected chi connectivity index (χ1v) is 5.19. The second kappa shape index (κ2) is 5.51. The predicted octanol–water partition coefficient (Wildman–Crippen LogP) is 2.53. The first kappa shape index (κ1) is 12.5. The zero-order valence-electron chi connectivity index (χ0n) is 9.24. The van der Waals surface area contributed by atoms with Crippen molar-refractivity contribution >= 4 is 11.6 Å². The smallest absolute Gasteiger partial charge is 0.123 e. The SMILES string of the molecule is CN(C)C([13C]#N)c1ccc(Cl)cc1CC#N. The van der Waals surface area contributed by atoms with E-state index in [1.54, 1.807) is 12.1 Å². The number of nitriles is 2. The van der Waals surface area contributed by atoms with Crippen LogP contribution in [0.4, 0.5) is 0 Å². The average molecular weight is 235 g/mol. The van der Waals surface area contributed by atoms with Crippen LogP contribution >= 0.6 is 11.6 Å². The van der Waals surface area contributed by atoms with Gasteiger partial charge in [-0.1, -0.05) is 17.7 Å². The first-order valence-electron chi connectivity index (χ1n) is 4.81. The van der Waals surface area contributed by atoms with Gasteiger partial charge in [0.05, 0.1) is 18.6 Å². The summed E-state index contributed by atoms with van der Waals surface area (Å²) in [5, 5.41) is 18.4. The van der Waals surface area contributed by atoms with E-state index in [9.17, 15) is 0 Å². The molecular formula is C12H12ClN3. The Bertz CT molecular complexity index is 454. The largest absolute Gasteiger partial charge is 0.291 e. The molecule has 1 aromatic carbocycles. The van der Waals surface area contributed by atoms with Crippen molar-refractivity contribution in [3.05, 3.63) is 34.3 Å². The molecule has 0 fully saturated rings. The third-order valence-corrected chi connectivity index (χ3v) is 2.54. The van der Waals surface area contributed by atoms with Gasteiger partial charge in [0.2, 0.25) is 0 Å². The minimum Gasteiger partial charge on any atom is -0.291 e. The molecule has 16 heavy (non-hydrogen) atoms. The zero-order valence-corrected chi connectivity index (χ0v) is 9.99. The Morgan fingerprint density at radius 3 is 2.56 bits per heavy atom. The summed E-state index contributed by atoms with van der Waals surface area (Å²) >= 11 is 5.87. The van der Waals surface area contributed by atoms with Gasteiger partial charge in [-0.05, 0) is 37.4 Å². The molecule has 0 aromatic heterocycles. The molecule has 0 saturated carbocycles. The second-order valence-corrected chi connectivity index (χ2v) is 4.11. The summed E-state index contributed by atoms with van der Waals surface area (Å²) in [5.41, 5.74) is 1.66. The lowest BCUT2D eigenvalue weighted by Gasteiger charge is -2.19. The highest BCUT2D eigenvalue weighted by molar-refractivity contribution is 6.30. The third kappa shape index (κ3) is 2.73. The number of hydrogen-bond acceptors (Lipinski definition) is 3. The van der Waals surface area contributed by atoms with Crippen LogP contribution in [-0.2, 0) is 6.42 Å². The Balaban J connectivity index is 3.22. The number of benzene rings is 1. The molecule has 3 nitrogen and oxygen atoms in total. The molecule has 0 amide bonds. The van der Waals surface area contributed by atoms with Gasteiger partial charge in [-0.25, -0.2) is 0 Å². The molecule has 0 radical (unpaired) electrons. The molecule has 1 atom stereocenters. The van der Waals surface area contributed by atoms with Gasteiger partial charge in [0.1, 0.15) is 6.04 Å². The van der Waals surface area contributed by atoms with E-state index >= 15 is 0 Å². The lowest BCUT2D eigenvalue weighted by atomic mass is 10.0. The van der Waals surface area contributed by atoms with Crippen LogP contribution in [-0.4, -0.2) is 19.0 Å². The van der Waals surface area contributed by atoms with E-state index in [2.05, 4.69) is 12.1 Å². The Hall–Kier alpha value is -1.55. The van der Waals surface area contributed by atoms with Gasteiger partial charge in [0, 0.05) is 5.02 Å². The molecule has 1 unspecified atom stereocenters. The minimum atomic E-state index is -0.347. The minimum absolute atomic E-state index is 0.266. The molecule has 1 aromatic rings. The topological polar surface area (TPSA) is 50.8 Å². The Labute approximate surface area is 100 Å². The fourth-order valence-electron chi connectivity index (χ4n) is 1.54. The summed E-state index contributed by atoms with van der Waals surface area (Å²) in [7, 11) is 3.66. The van der Waals surface area contributed by atoms with Gasteiger partial charge < -0.3 is 0 Å². The molecule has 1 rings (SSSR count). The summed E-state index contributed by atoms with van der Waals surface area (Å²) in [6, 6.07) is 9.24. The molecule has 0 heterocycles. The van der Waals surface area contributed by atoms with Crippen molar-refractivity contribution in [1.29, 1.82) is 10.5 Å². The molecule has 82 valence electrons. The van der Waals surface area contributed by atoms with E-state index in [1.807, 2.05) is 25.1 Å². The highest BCUT2D eigenvalue weighted by atomic mass is 35.5. The van der Waals surface area contributed by atoms with Crippen LogP contribution in [0.25, 0.3) is 0 Å². The molecule has 0 aliphatic carbocycles. The van der Waals surface area contributed by atoms with Crippen LogP contribution in [0.1, 0.15) is 17.2 Å². The van der Waals surface area contributed by atoms with Crippen molar-refractivity contribution in [1.82, 2.24) is 4.90 Å². The number of rotatable bonds is 3. The maximum absolute atomic E-state index is 9.10. The summed E-state index contributed by atoms with van der Waals surface area (Å²) < 4.78 is 0. The Kier molecular flexibility index (Phi) is 4.31. The molecule has 0 bridgehead atoms. The fourth-order valence-corrected chi connectivity index (χ4v) is 1.74. The summed E-state index contributed by atoms with van der Waals surface area (Å²) in [6.45, 7) is 0. The molecular weight excluding hydrogens is 223 g/mol. The standard InChI is InChI=1S/C12H12ClN3/c1-16(2)12(8-15)11-4-3-10(13)7-9(11)5-6-14/h3-4,7,12H,5H2,1-2H3/i8+1. The summed E-state index contributed by atoms with van der Waals surface area (Å²) in [4.78, 5) is 1.81. The van der Waals surface area contributed by atoms with Crippen LogP contribution in [0.2, 0.25) is 5.02 Å². The molecule has 0 spiro atoms. The van der Waals surface area contributed by atoms with E-state index in [-0.39, 0.29) is 12.5 Å². The van der Waals surface area contributed by atoms with Crippen molar-refractivity contribution in [3.63, 3.8) is 0 Å². The second-order valence-electron chi connectivity index (χ2n) is 3.67. The van der Waals surface area contributed by atoms with Gasteiger partial charge in [-0.15, -0.1) is 0 Å². The van der Waals surface area contributed by atoms with Gasteiger partial charge in [0.15, 0.2) is 0 Å². The van der Waals surface area contributed by atoms with E-state index < -0.39 is 0 Å². The fraction of sp³-hybridized carbons (Fsp3) is 0.333. The molecule has 0 aliphatic heterocycles. The van der Waals surface area contributed by atoms with Crippen LogP contribution in [0.3, 0.4) is 0 Å². The predicted molar refractivity (Wildman–Crippen MR) is 62.8 cm³/mol. The van der Waals surface area contributed by atoms with Crippen LogP contribution in [0.15, 0.2) is 18.2 Å². The van der Waals surface area contributed by atoms with E-state index in [1.165, 1.54) is 0 Å². The monoisotopic (exact) mass is 234 g/mol. The van der Waals surface area contributed by atoms with Gasteiger partial charge >= 0.3 is 0 Å². The zero-order chi connectivity index (χ0) is 12.1. The maximum atomic E-state index is 9.10. The average Bonchev–Trinajstić information content (AvgIpc) is 2.22. The highest BCUT2D eigenvalue weighted by Crippen LogP contribution is 2.25. The normalized spacial score (nSPS) is 11.9. The van der Waals surface area contributed by atoms with E-state index in [0.717, 1.165) is 11.1 Å². The highest BCUT2D eigenvalue weighted by Gasteiger charge is 2.16. The molecule has 0 saturated heterocycles. The van der Waals surface area contributed by atoms with Crippen LogP contribution < -0.4 is 0 Å². The Morgan fingerprint density at radius 1 is 1.38 bits per heavy atom. The summed E-state index contributed by atoms with van der Waals surface area (Å²) in [5.74, 6) is 0. The first-order chi connectivity index (χ1) is 7.60. The van der Waals surface area contributed by atoms with Crippen LogP contribution in [0, 0.1) is 22.7 Å². The lowest BCUT2D eigenvalue weighted by Crippen LogP contribution is -2.19. The number of halogens is 1. The molecule has 0 aliphatic rings. The molecule has 4 heteroatoms. The maximum Gasteiger partial charge on any atom is 0.123 e. The van der Waals surface area contributed by atoms with Crippen molar-refractivity contribution in [2.45, 2.75) is 12.5 Å².